The van der Waals surface area contributed by atoms with Crippen molar-refractivity contribution in [3.63, 3.8) is 0 Å². The monoisotopic (exact) mass is 284 g/mol. The van der Waals surface area contributed by atoms with Crippen LogP contribution in [0.4, 0.5) is 4.39 Å². The van der Waals surface area contributed by atoms with E-state index in [0.29, 0.717) is 23.4 Å². The maximum absolute atomic E-state index is 13.1. The first-order chi connectivity index (χ1) is 8.99. The molecule has 1 unspecified atom stereocenters. The molecule has 1 aliphatic heterocycles. The number of hydrogen-bond donors (Lipinski definition) is 1. The van der Waals surface area contributed by atoms with Crippen molar-refractivity contribution in [2.24, 2.45) is 0 Å². The highest BCUT2D eigenvalue weighted by Gasteiger charge is 2.31. The van der Waals surface area contributed by atoms with Crippen LogP contribution >= 0.6 is 11.6 Å². The van der Waals surface area contributed by atoms with Crippen molar-refractivity contribution >= 4 is 23.4 Å². The first-order valence-corrected chi connectivity index (χ1v) is 6.34. The summed E-state index contributed by atoms with van der Waals surface area (Å²) in [6.07, 6.45) is 0.783. The third kappa shape index (κ3) is 3.11. The van der Waals surface area contributed by atoms with E-state index >= 15 is 0 Å². The molecule has 19 heavy (non-hydrogen) atoms. The van der Waals surface area contributed by atoms with Gasteiger partial charge in [0.2, 0.25) is 11.8 Å². The second-order valence-corrected chi connectivity index (χ2v) is 4.91. The number of likely N-dealkylation sites (N-methyl/N-ethyl adjacent to an activating group) is 1. The topological polar surface area (TPSA) is 49.4 Å². The quantitative estimate of drug-likeness (QED) is 0.860. The van der Waals surface area contributed by atoms with Gasteiger partial charge in [-0.25, -0.2) is 4.39 Å². The van der Waals surface area contributed by atoms with Gasteiger partial charge in [-0.3, -0.25) is 14.5 Å². The Morgan fingerprint density at radius 2 is 2.21 bits per heavy atom. The third-order valence-corrected chi connectivity index (χ3v) is 3.57. The average Bonchev–Trinajstić information content (AvgIpc) is 2.39. The van der Waals surface area contributed by atoms with Crippen molar-refractivity contribution in [1.82, 2.24) is 10.2 Å². The third-order valence-electron chi connectivity index (χ3n) is 3.20. The molecule has 1 atom stereocenters. The van der Waals surface area contributed by atoms with E-state index in [1.807, 2.05) is 0 Å². The molecule has 1 saturated heterocycles. The fourth-order valence-corrected chi connectivity index (χ4v) is 2.20. The highest BCUT2D eigenvalue weighted by Crippen LogP contribution is 2.18. The number of rotatable bonds is 3. The number of benzene rings is 1. The zero-order chi connectivity index (χ0) is 14.0. The maximum atomic E-state index is 13.1. The normalized spacial score (nSPS) is 19.9. The molecule has 1 aliphatic rings. The number of imide groups is 1. The van der Waals surface area contributed by atoms with Gasteiger partial charge < -0.3 is 5.32 Å². The van der Waals surface area contributed by atoms with Crippen LogP contribution in [0.1, 0.15) is 18.4 Å². The van der Waals surface area contributed by atoms with E-state index in [1.54, 1.807) is 0 Å². The molecule has 1 N–H and O–H groups in total. The fourth-order valence-electron chi connectivity index (χ4n) is 2.02. The lowest BCUT2D eigenvalue weighted by molar-refractivity contribution is -0.148. The van der Waals surface area contributed by atoms with Gasteiger partial charge in [0.15, 0.2) is 0 Å². The second-order valence-electron chi connectivity index (χ2n) is 4.50. The second kappa shape index (κ2) is 5.67. The number of amides is 2. The van der Waals surface area contributed by atoms with Crippen LogP contribution in [0.5, 0.6) is 0 Å². The Hall–Kier alpha value is -1.46. The summed E-state index contributed by atoms with van der Waals surface area (Å²) in [4.78, 5) is 24.3. The van der Waals surface area contributed by atoms with Crippen LogP contribution in [0, 0.1) is 5.82 Å². The van der Waals surface area contributed by atoms with E-state index in [-0.39, 0.29) is 24.2 Å². The van der Waals surface area contributed by atoms with Crippen LogP contribution in [0.3, 0.4) is 0 Å². The maximum Gasteiger partial charge on any atom is 0.246 e. The first-order valence-electron chi connectivity index (χ1n) is 5.96. The van der Waals surface area contributed by atoms with Crippen LogP contribution < -0.4 is 5.32 Å². The Kier molecular flexibility index (Phi) is 4.17. The molecule has 1 heterocycles. The number of nitrogens with one attached hydrogen (secondary N) is 1. The number of halogens is 2. The van der Waals surface area contributed by atoms with Crippen LogP contribution in [-0.2, 0) is 16.1 Å². The summed E-state index contributed by atoms with van der Waals surface area (Å²) in [6.45, 7) is 0.287. The number of carbonyl (C=O) groups is 2. The van der Waals surface area contributed by atoms with Gasteiger partial charge >= 0.3 is 0 Å². The first kappa shape index (κ1) is 14.0. The van der Waals surface area contributed by atoms with E-state index in [2.05, 4.69) is 5.32 Å². The van der Waals surface area contributed by atoms with Crippen molar-refractivity contribution in [2.45, 2.75) is 25.4 Å². The fraction of sp³-hybridized carbons (Fsp3) is 0.385. The number of nitrogens with zero attached hydrogens (tertiary/aromatic N) is 1. The van der Waals surface area contributed by atoms with Crippen LogP contribution in [0.2, 0.25) is 5.02 Å². The zero-order valence-electron chi connectivity index (χ0n) is 10.5. The predicted molar refractivity (Wildman–Crippen MR) is 69.0 cm³/mol. The Morgan fingerprint density at radius 1 is 1.47 bits per heavy atom. The van der Waals surface area contributed by atoms with E-state index in [4.69, 9.17) is 11.6 Å². The molecule has 0 radical (unpaired) electrons. The van der Waals surface area contributed by atoms with Crippen LogP contribution in [0.25, 0.3) is 0 Å². The molecule has 0 spiro atoms. The molecule has 1 fully saturated rings. The van der Waals surface area contributed by atoms with Gasteiger partial charge in [-0.15, -0.1) is 0 Å². The standard InChI is InChI=1S/C13H14ClFN2O2/c1-17-12(18)5-4-11(13(17)19)16-7-8-6-9(15)2-3-10(8)14/h2-3,6,11,16H,4-5,7H2,1H3. The van der Waals surface area contributed by atoms with E-state index in [9.17, 15) is 14.0 Å². The molecule has 0 bridgehead atoms. The van der Waals surface area contributed by atoms with Crippen molar-refractivity contribution in [1.29, 1.82) is 0 Å². The molecular formula is C13H14ClFN2O2. The van der Waals surface area contributed by atoms with E-state index in [0.717, 1.165) is 4.90 Å². The Balaban J connectivity index is 2.01. The summed E-state index contributed by atoms with van der Waals surface area (Å²) in [6, 6.07) is 3.66. The zero-order valence-corrected chi connectivity index (χ0v) is 11.2. The summed E-state index contributed by atoms with van der Waals surface area (Å²) in [5, 5.41) is 3.46. The molecule has 0 aromatic heterocycles. The van der Waals surface area contributed by atoms with Crippen molar-refractivity contribution < 1.29 is 14.0 Å². The molecule has 2 rings (SSSR count). The summed E-state index contributed by atoms with van der Waals surface area (Å²) in [5.74, 6) is -0.806. The van der Waals surface area contributed by atoms with Gasteiger partial charge in [-0.2, -0.15) is 0 Å². The molecule has 0 aliphatic carbocycles. The Labute approximate surface area is 115 Å². The highest BCUT2D eigenvalue weighted by molar-refractivity contribution is 6.31. The molecule has 1 aromatic carbocycles. The largest absolute Gasteiger partial charge is 0.302 e. The molecule has 102 valence electrons. The number of hydrogen-bond acceptors (Lipinski definition) is 3. The summed E-state index contributed by atoms with van der Waals surface area (Å²) >= 11 is 5.95. The van der Waals surface area contributed by atoms with Gasteiger partial charge in [0.1, 0.15) is 5.82 Å². The predicted octanol–water partition coefficient (Wildman–Crippen LogP) is 1.72. The van der Waals surface area contributed by atoms with Crippen LogP contribution in [-0.4, -0.2) is 29.8 Å². The van der Waals surface area contributed by atoms with Gasteiger partial charge in [-0.05, 0) is 30.2 Å². The van der Waals surface area contributed by atoms with Gasteiger partial charge in [0, 0.05) is 25.0 Å². The molecule has 1 aromatic rings. The smallest absolute Gasteiger partial charge is 0.246 e. The number of piperidine rings is 1. The van der Waals surface area contributed by atoms with Crippen molar-refractivity contribution in [3.05, 3.63) is 34.6 Å². The Bertz CT molecular complexity index is 521. The Morgan fingerprint density at radius 3 is 2.95 bits per heavy atom. The minimum atomic E-state index is -0.429. The summed E-state index contributed by atoms with van der Waals surface area (Å²) in [5.41, 5.74) is 0.592. The lowest BCUT2D eigenvalue weighted by Gasteiger charge is -2.28. The minimum absolute atomic E-state index is 0.174. The van der Waals surface area contributed by atoms with Crippen LogP contribution in [0.15, 0.2) is 18.2 Å². The van der Waals surface area contributed by atoms with Crippen molar-refractivity contribution in [2.75, 3.05) is 7.05 Å². The molecule has 0 saturated carbocycles. The van der Waals surface area contributed by atoms with Gasteiger partial charge in [0.05, 0.1) is 6.04 Å². The molecule has 4 nitrogen and oxygen atoms in total. The lowest BCUT2D eigenvalue weighted by atomic mass is 10.0. The average molecular weight is 285 g/mol. The van der Waals surface area contributed by atoms with Gasteiger partial charge in [-0.1, -0.05) is 11.6 Å². The molecule has 2 amide bonds. The van der Waals surface area contributed by atoms with Crippen molar-refractivity contribution in [3.8, 4) is 0 Å². The lowest BCUT2D eigenvalue weighted by Crippen LogP contribution is -2.51. The molecule has 6 heteroatoms. The highest BCUT2D eigenvalue weighted by atomic mass is 35.5. The SMILES string of the molecule is CN1C(=O)CCC(NCc2cc(F)ccc2Cl)C1=O. The summed E-state index contributed by atoms with van der Waals surface area (Å²) in [7, 11) is 1.47. The minimum Gasteiger partial charge on any atom is -0.302 e. The molecular weight excluding hydrogens is 271 g/mol. The summed E-state index contributed by atoms with van der Waals surface area (Å²) < 4.78 is 13.1. The number of carbonyl (C=O) groups excluding carboxylic acids is 2. The van der Waals surface area contributed by atoms with E-state index in [1.165, 1.54) is 25.2 Å². The van der Waals surface area contributed by atoms with Gasteiger partial charge in [0.25, 0.3) is 0 Å². The van der Waals surface area contributed by atoms with E-state index < -0.39 is 6.04 Å². The number of likely N-dealkylation sites (tertiary alicyclic amines) is 1.